The molecule has 0 aromatic carbocycles. The van der Waals surface area contributed by atoms with Gasteiger partial charge in [-0.15, -0.1) is 0 Å². The van der Waals surface area contributed by atoms with E-state index in [-0.39, 0.29) is 13.0 Å². The molecule has 0 spiro atoms. The molecule has 0 radical (unpaired) electrons. The van der Waals surface area contributed by atoms with Gasteiger partial charge in [0, 0.05) is 16.2 Å². The van der Waals surface area contributed by atoms with Crippen molar-refractivity contribution in [3.05, 3.63) is 37.2 Å². The third-order valence-electron chi connectivity index (χ3n) is 5.05. The van der Waals surface area contributed by atoms with E-state index in [4.69, 9.17) is 4.74 Å². The Hall–Kier alpha value is -3.05. The molecule has 2 bridgehead atoms. The van der Waals surface area contributed by atoms with Crippen molar-refractivity contribution in [1.82, 2.24) is 0 Å². The van der Waals surface area contributed by atoms with E-state index in [2.05, 4.69) is 0 Å². The third kappa shape index (κ3) is 2.57. The van der Waals surface area contributed by atoms with E-state index >= 15 is 0 Å². The van der Waals surface area contributed by atoms with E-state index in [0.29, 0.717) is 6.08 Å². The van der Waals surface area contributed by atoms with Crippen LogP contribution in [0.4, 0.5) is 0 Å². The maximum Gasteiger partial charge on any atom is 0.320 e. The second-order valence-electron chi connectivity index (χ2n) is 6.06. The highest BCUT2D eigenvalue weighted by molar-refractivity contribution is 6.09. The first kappa shape index (κ1) is 19.3. The summed E-state index contributed by atoms with van der Waals surface area (Å²) in [7, 11) is 0. The molecule has 1 saturated carbocycles. The molecule has 0 amide bonds. The molecule has 2 aliphatic carbocycles. The topological polar surface area (TPSA) is 176 Å². The van der Waals surface area contributed by atoms with Crippen LogP contribution in [0.1, 0.15) is 26.7 Å². The second-order valence-corrected chi connectivity index (χ2v) is 6.06. The fourth-order valence-corrected chi connectivity index (χ4v) is 3.95. The zero-order valence-corrected chi connectivity index (χ0v) is 14.0. The molecule has 2 rings (SSSR count). The zero-order valence-electron chi connectivity index (χ0n) is 14.0. The minimum absolute atomic E-state index is 0.118. The van der Waals surface area contributed by atoms with Crippen molar-refractivity contribution >= 4 is 17.5 Å². The quantitative estimate of drug-likeness (QED) is 0.178. The molecule has 12 heteroatoms. The number of ketones is 1. The zero-order chi connectivity index (χ0) is 19.8. The van der Waals surface area contributed by atoms with Gasteiger partial charge in [-0.25, -0.2) is 0 Å². The van der Waals surface area contributed by atoms with Crippen molar-refractivity contribution in [1.29, 1.82) is 0 Å². The Kier molecular flexibility index (Phi) is 4.96. The normalized spacial score (nSPS) is 32.5. The lowest BCUT2D eigenvalue weighted by Gasteiger charge is -2.43. The Balaban J connectivity index is 2.84. The number of hydrogen-bond acceptors (Lipinski definition) is 9. The van der Waals surface area contributed by atoms with Crippen LogP contribution in [0, 0.1) is 42.7 Å². The van der Waals surface area contributed by atoms with E-state index in [1.807, 2.05) is 0 Å². The number of nitro groups is 2. The van der Waals surface area contributed by atoms with Gasteiger partial charge in [-0.2, -0.15) is 0 Å². The molecule has 0 unspecified atom stereocenters. The van der Waals surface area contributed by atoms with Crippen molar-refractivity contribution in [2.45, 2.75) is 32.7 Å². The number of rotatable bonds is 5. The van der Waals surface area contributed by atoms with Crippen LogP contribution >= 0.6 is 0 Å². The lowest BCUT2D eigenvalue weighted by Crippen LogP contribution is -2.63. The molecule has 0 saturated heterocycles. The highest BCUT2D eigenvalue weighted by Gasteiger charge is 2.71. The molecule has 142 valence electrons. The summed E-state index contributed by atoms with van der Waals surface area (Å²) in [5.74, 6) is -4.96. The predicted octanol–water partition coefficient (Wildman–Crippen LogP) is 0.311. The Morgan fingerprint density at radius 3 is 2.38 bits per heavy atom. The van der Waals surface area contributed by atoms with Crippen LogP contribution in [-0.2, 0) is 14.3 Å². The van der Waals surface area contributed by atoms with Gasteiger partial charge in [0.2, 0.25) is 6.04 Å². The van der Waals surface area contributed by atoms with Crippen LogP contribution in [0.2, 0.25) is 0 Å². The van der Waals surface area contributed by atoms with Gasteiger partial charge in [0.15, 0.2) is 5.78 Å². The van der Waals surface area contributed by atoms with Gasteiger partial charge in [-0.1, -0.05) is 6.92 Å². The van der Waals surface area contributed by atoms with Crippen LogP contribution in [-0.4, -0.2) is 50.1 Å². The van der Waals surface area contributed by atoms with Crippen LogP contribution in [0.3, 0.4) is 0 Å². The number of carbonyl (C=O) groups excluding carboxylic acids is 2. The summed E-state index contributed by atoms with van der Waals surface area (Å²) in [5, 5.41) is 43.7. The Bertz CT molecular complexity index is 740. The van der Waals surface area contributed by atoms with Gasteiger partial charge in [0.25, 0.3) is 11.4 Å². The first-order valence-corrected chi connectivity index (χ1v) is 7.86. The fraction of sp³-hybridized carbons (Fsp3) is 0.643. The molecule has 0 aromatic heterocycles. The minimum atomic E-state index is -2.10. The smallest absolute Gasteiger partial charge is 0.320 e. The van der Waals surface area contributed by atoms with E-state index < -0.39 is 67.6 Å². The molecular weight excluding hydrogens is 354 g/mol. The van der Waals surface area contributed by atoms with E-state index in [1.54, 1.807) is 0 Å². The summed E-state index contributed by atoms with van der Waals surface area (Å²) in [4.78, 5) is 46.0. The summed E-state index contributed by atoms with van der Waals surface area (Å²) in [5.41, 5.74) is -3.61. The van der Waals surface area contributed by atoms with Gasteiger partial charge in [-0.05, 0) is 13.3 Å². The van der Waals surface area contributed by atoms with Crippen LogP contribution < -0.4 is 0 Å². The third-order valence-corrected chi connectivity index (χ3v) is 5.05. The number of esters is 1. The highest BCUT2D eigenvalue weighted by atomic mass is 16.8. The Morgan fingerprint density at radius 1 is 1.35 bits per heavy atom. The van der Waals surface area contributed by atoms with Gasteiger partial charge in [0.1, 0.15) is 17.3 Å². The Labute approximate surface area is 146 Å². The fourth-order valence-electron chi connectivity index (χ4n) is 3.95. The molecule has 26 heavy (non-hydrogen) atoms. The standard InChI is InChI=1S/C14H17N3O9/c1-3-14(13(19)26-4-2)10(18)5-7-8(15(20)21)6-9(16(22)23)11(14)12(7)17(24)25/h6-7,11-12H,3-5H2,1-2H3,(H,20,21)/t7-,11-,12-,14-/m0/s1. The summed E-state index contributed by atoms with van der Waals surface area (Å²) >= 11 is 0. The number of Topliss-reactive ketones (excluding diaryl/α,β-unsaturated/α-hetero) is 1. The number of fused-ring (bicyclic) bond motifs is 2. The lowest BCUT2D eigenvalue weighted by atomic mass is 9.55. The van der Waals surface area contributed by atoms with Crippen LogP contribution in [0.5, 0.6) is 0 Å². The number of ether oxygens (including phenoxy) is 1. The molecule has 1 N–H and O–H groups in total. The molecule has 12 nitrogen and oxygen atoms in total. The number of carbonyl (C=O) groups is 2. The van der Waals surface area contributed by atoms with Crippen molar-refractivity contribution in [2.24, 2.45) is 17.3 Å². The van der Waals surface area contributed by atoms with E-state index in [0.717, 1.165) is 0 Å². The summed E-state index contributed by atoms with van der Waals surface area (Å²) < 4.78 is 4.91. The maximum absolute atomic E-state index is 12.8. The first-order chi connectivity index (χ1) is 12.1. The lowest BCUT2D eigenvalue weighted by molar-refractivity contribution is -0.728. The molecule has 0 aliphatic heterocycles. The van der Waals surface area contributed by atoms with Gasteiger partial charge in [-0.3, -0.25) is 35.0 Å². The minimum Gasteiger partial charge on any atom is -0.465 e. The monoisotopic (exact) mass is 371 g/mol. The predicted molar refractivity (Wildman–Crippen MR) is 82.2 cm³/mol. The summed E-state index contributed by atoms with van der Waals surface area (Å²) in [6.45, 7) is 2.77. The van der Waals surface area contributed by atoms with Crippen molar-refractivity contribution in [3.8, 4) is 0 Å². The van der Waals surface area contributed by atoms with E-state index in [9.17, 15) is 40.2 Å². The van der Waals surface area contributed by atoms with Crippen molar-refractivity contribution < 1.29 is 34.3 Å². The number of hydrogen-bond donors (Lipinski definition) is 1. The molecule has 1 fully saturated rings. The van der Waals surface area contributed by atoms with Gasteiger partial charge < -0.3 is 9.94 Å². The molecule has 2 aliphatic rings. The largest absolute Gasteiger partial charge is 0.465 e. The van der Waals surface area contributed by atoms with Crippen LogP contribution in [0.15, 0.2) is 11.8 Å². The molecule has 0 aromatic rings. The molecule has 4 atom stereocenters. The highest BCUT2D eigenvalue weighted by Crippen LogP contribution is 2.51. The van der Waals surface area contributed by atoms with Gasteiger partial charge >= 0.3 is 5.97 Å². The number of allylic oxidation sites excluding steroid dienone is 1. The van der Waals surface area contributed by atoms with Crippen molar-refractivity contribution in [2.75, 3.05) is 6.61 Å². The molecular formula is C14H17N3O9. The maximum atomic E-state index is 12.8. The Morgan fingerprint density at radius 2 is 1.96 bits per heavy atom. The van der Waals surface area contributed by atoms with Crippen molar-refractivity contribution in [3.63, 3.8) is 0 Å². The summed E-state index contributed by atoms with van der Waals surface area (Å²) in [6.07, 6.45) is -0.129. The SMILES string of the molecule is CCOC(=O)[C@@]1(CC)C(=O)C[C@H]2C(=[N+]([O-])O)C=C([N+](=O)[O-])[C@H]1[C@H]2[N+](=O)[O-]. The van der Waals surface area contributed by atoms with Gasteiger partial charge in [0.05, 0.1) is 17.6 Å². The molecule has 0 heterocycles. The number of nitrogens with zero attached hydrogens (tertiary/aromatic N) is 3. The van der Waals surface area contributed by atoms with Crippen LogP contribution in [0.25, 0.3) is 0 Å². The first-order valence-electron chi connectivity index (χ1n) is 7.86. The van der Waals surface area contributed by atoms with E-state index in [1.165, 1.54) is 13.8 Å². The second kappa shape index (κ2) is 6.69. The summed E-state index contributed by atoms with van der Waals surface area (Å²) in [6, 6.07) is -1.80. The average molecular weight is 371 g/mol. The average Bonchev–Trinajstić information content (AvgIpc) is 2.54.